The largest absolute Gasteiger partial charge is 0.462 e. The number of aryl methyl sites for hydroxylation is 1. The van der Waals surface area contributed by atoms with Crippen LogP contribution in [0.25, 0.3) is 4.85 Å². The lowest BCUT2D eigenvalue weighted by Gasteiger charge is -2.40. The van der Waals surface area contributed by atoms with Crippen molar-refractivity contribution in [1.82, 2.24) is 24.7 Å². The summed E-state index contributed by atoms with van der Waals surface area (Å²) in [6.45, 7) is 17.2. The second kappa shape index (κ2) is 13.0. The summed E-state index contributed by atoms with van der Waals surface area (Å²) in [6.07, 6.45) is 5.80. The Bertz CT molecular complexity index is 1590. The average Bonchev–Trinajstić information content (AvgIpc) is 3.82. The lowest BCUT2D eigenvalue weighted by molar-refractivity contribution is -0.128. The molecule has 1 aliphatic carbocycles. The minimum Gasteiger partial charge on any atom is -0.462 e. The van der Waals surface area contributed by atoms with Gasteiger partial charge in [0.1, 0.15) is 18.5 Å². The Hall–Kier alpha value is -4.26. The predicted octanol–water partition coefficient (Wildman–Crippen LogP) is 4.65. The zero-order valence-corrected chi connectivity index (χ0v) is 25.9. The van der Waals surface area contributed by atoms with Crippen LogP contribution in [0.4, 0.5) is 5.82 Å². The molecule has 9 heteroatoms. The van der Waals surface area contributed by atoms with Crippen molar-refractivity contribution >= 4 is 11.7 Å². The summed E-state index contributed by atoms with van der Waals surface area (Å²) in [5, 5.41) is 0. The topological polar surface area (TPSA) is 69.4 Å². The van der Waals surface area contributed by atoms with Gasteiger partial charge < -0.3 is 19.4 Å². The molecule has 2 saturated heterocycles. The maximum Gasteiger partial charge on any atom is 0.318 e. The van der Waals surface area contributed by atoms with Gasteiger partial charge in [-0.25, -0.2) is 6.57 Å². The van der Waals surface area contributed by atoms with Crippen molar-refractivity contribution in [2.75, 3.05) is 44.2 Å². The van der Waals surface area contributed by atoms with Gasteiger partial charge in [0.15, 0.2) is 0 Å². The highest BCUT2D eigenvalue weighted by Gasteiger charge is 2.38. The Morgan fingerprint density at radius 2 is 1.87 bits per heavy atom. The lowest BCUT2D eigenvalue weighted by atomic mass is 10.1. The summed E-state index contributed by atoms with van der Waals surface area (Å²) in [5.41, 5.74) is 6.35. The number of fused-ring (bicyclic) bond motifs is 2. The van der Waals surface area contributed by atoms with Gasteiger partial charge >= 0.3 is 6.01 Å². The van der Waals surface area contributed by atoms with Crippen LogP contribution in [0.1, 0.15) is 53.3 Å². The highest BCUT2D eigenvalue weighted by molar-refractivity contribution is 5.87. The summed E-state index contributed by atoms with van der Waals surface area (Å²) in [5.74, 6) is 0.764. The zero-order chi connectivity index (χ0) is 30.8. The summed E-state index contributed by atoms with van der Waals surface area (Å²) in [6, 6.07) is 20.3. The Labute approximate surface area is 265 Å². The highest BCUT2D eigenvalue weighted by Crippen LogP contribution is 2.42. The smallest absolute Gasteiger partial charge is 0.318 e. The van der Waals surface area contributed by atoms with Crippen LogP contribution >= 0.6 is 0 Å². The summed E-state index contributed by atoms with van der Waals surface area (Å²) in [7, 11) is 0. The van der Waals surface area contributed by atoms with Gasteiger partial charge in [-0.3, -0.25) is 14.6 Å². The third kappa shape index (κ3) is 6.05. The van der Waals surface area contributed by atoms with E-state index in [0.29, 0.717) is 44.3 Å². The maximum absolute atomic E-state index is 12.6. The van der Waals surface area contributed by atoms with E-state index in [1.807, 2.05) is 0 Å². The molecule has 3 atom stereocenters. The van der Waals surface area contributed by atoms with Gasteiger partial charge in [-0.05, 0) is 55.0 Å². The number of hydrogen-bond donors (Lipinski definition) is 0. The molecule has 0 radical (unpaired) electrons. The molecular formula is C36H41N7O2. The molecule has 3 aromatic rings. The van der Waals surface area contributed by atoms with Crippen molar-refractivity contribution < 1.29 is 9.53 Å². The normalized spacial score (nSPS) is 23.0. The molecule has 1 aromatic heterocycles. The van der Waals surface area contributed by atoms with Crippen LogP contribution in [0.3, 0.4) is 0 Å². The van der Waals surface area contributed by atoms with Gasteiger partial charge in [0.05, 0.1) is 5.69 Å². The van der Waals surface area contributed by atoms with Crippen molar-refractivity contribution in [3.05, 3.63) is 107 Å². The Kier molecular flexibility index (Phi) is 8.51. The molecule has 2 aromatic carbocycles. The number of carbonyl (C=O) groups is 1. The molecule has 0 bridgehead atoms. The number of nitrogens with zero attached hydrogens (tertiary/aromatic N) is 7. The minimum absolute atomic E-state index is 0.122. The van der Waals surface area contributed by atoms with E-state index in [4.69, 9.17) is 21.3 Å². The van der Waals surface area contributed by atoms with Gasteiger partial charge in [0, 0.05) is 56.9 Å². The molecule has 3 aliphatic heterocycles. The van der Waals surface area contributed by atoms with E-state index in [1.54, 1.807) is 4.90 Å². The first-order valence-electron chi connectivity index (χ1n) is 16.2. The van der Waals surface area contributed by atoms with Gasteiger partial charge in [-0.15, -0.1) is 0 Å². The van der Waals surface area contributed by atoms with E-state index < -0.39 is 0 Å². The summed E-state index contributed by atoms with van der Waals surface area (Å²) >= 11 is 0. The van der Waals surface area contributed by atoms with Crippen molar-refractivity contribution in [1.29, 1.82) is 0 Å². The summed E-state index contributed by atoms with van der Waals surface area (Å²) in [4.78, 5) is 35.4. The molecule has 1 amide bonds. The molecule has 2 fully saturated rings. The number of piperazine rings is 1. The molecule has 0 saturated carbocycles. The monoisotopic (exact) mass is 603 g/mol. The standard InChI is InChI=1S/C36H41N7O2/c1-3-34(44)43-19-18-41(22-29(43)20-37-2)35-31-23-42(33-16-15-27-12-7-8-14-30(27)33)24-32(31)38-36(39-35)45-25-28-13-9-17-40(28)21-26-10-5-4-6-11-26/h3-8,10-12,14,28-29,33H,1,9,13,15-25H2/t28-,29-,33?/m0/s1. The number of ether oxygens (including phenoxy) is 1. The van der Waals surface area contributed by atoms with Crippen molar-refractivity contribution in [2.24, 2.45) is 0 Å². The minimum atomic E-state index is -0.221. The first-order chi connectivity index (χ1) is 22.1. The van der Waals surface area contributed by atoms with Crippen molar-refractivity contribution in [3.8, 4) is 6.01 Å². The van der Waals surface area contributed by atoms with Gasteiger partial charge in [0.2, 0.25) is 12.5 Å². The molecule has 45 heavy (non-hydrogen) atoms. The number of carbonyl (C=O) groups excluding carboxylic acids is 1. The number of anilines is 1. The Balaban J connectivity index is 1.14. The molecule has 232 valence electrons. The number of aromatic nitrogens is 2. The van der Waals surface area contributed by atoms with E-state index in [2.05, 4.69) is 80.7 Å². The predicted molar refractivity (Wildman–Crippen MR) is 174 cm³/mol. The third-order valence-corrected chi connectivity index (χ3v) is 9.98. The third-order valence-electron chi connectivity index (χ3n) is 9.98. The maximum atomic E-state index is 12.6. The summed E-state index contributed by atoms with van der Waals surface area (Å²) < 4.78 is 6.45. The molecular weight excluding hydrogens is 562 g/mol. The molecule has 9 nitrogen and oxygen atoms in total. The average molecular weight is 604 g/mol. The molecule has 4 heterocycles. The second-order valence-corrected chi connectivity index (χ2v) is 12.7. The number of amides is 1. The highest BCUT2D eigenvalue weighted by atomic mass is 16.5. The fraction of sp³-hybridized carbons (Fsp3) is 0.444. The molecule has 7 rings (SSSR count). The van der Waals surface area contributed by atoms with E-state index >= 15 is 0 Å². The van der Waals surface area contributed by atoms with Crippen LogP contribution in [-0.4, -0.2) is 82.0 Å². The molecule has 0 spiro atoms. The quantitative estimate of drug-likeness (QED) is 0.261. The van der Waals surface area contributed by atoms with E-state index in [9.17, 15) is 4.79 Å². The second-order valence-electron chi connectivity index (χ2n) is 12.7. The van der Waals surface area contributed by atoms with Crippen LogP contribution < -0.4 is 9.64 Å². The lowest BCUT2D eigenvalue weighted by Crippen LogP contribution is -2.56. The van der Waals surface area contributed by atoms with Crippen molar-refractivity contribution in [2.45, 2.75) is 63.4 Å². The first-order valence-corrected chi connectivity index (χ1v) is 16.2. The molecule has 1 unspecified atom stereocenters. The number of hydrogen-bond acceptors (Lipinski definition) is 7. The zero-order valence-electron chi connectivity index (χ0n) is 25.9. The number of benzene rings is 2. The van der Waals surface area contributed by atoms with Gasteiger partial charge in [-0.1, -0.05) is 61.2 Å². The van der Waals surface area contributed by atoms with Crippen LogP contribution in [0.15, 0.2) is 67.3 Å². The van der Waals surface area contributed by atoms with E-state index in [1.165, 1.54) is 22.8 Å². The van der Waals surface area contributed by atoms with Crippen molar-refractivity contribution in [3.63, 3.8) is 0 Å². The van der Waals surface area contributed by atoms with Gasteiger partial charge in [0.25, 0.3) is 0 Å². The van der Waals surface area contributed by atoms with Crippen LogP contribution in [-0.2, 0) is 30.8 Å². The number of likely N-dealkylation sites (tertiary alicyclic amines) is 1. The Morgan fingerprint density at radius 3 is 2.71 bits per heavy atom. The Morgan fingerprint density at radius 1 is 1.02 bits per heavy atom. The van der Waals surface area contributed by atoms with Crippen LogP contribution in [0.2, 0.25) is 0 Å². The molecule has 4 aliphatic rings. The van der Waals surface area contributed by atoms with E-state index in [0.717, 1.165) is 68.9 Å². The van der Waals surface area contributed by atoms with E-state index in [-0.39, 0.29) is 18.5 Å². The SMILES string of the molecule is [C-]#[N+]C[C@H]1CN(c2nc(OC[C@@H]3CCCN3Cc3ccccc3)nc3c2CN(C2CCc4ccccc42)C3)CCN1C(=O)C=C. The van der Waals surface area contributed by atoms with Crippen LogP contribution in [0, 0.1) is 6.57 Å². The number of rotatable bonds is 9. The molecule has 0 N–H and O–H groups in total. The first kappa shape index (κ1) is 29.5. The van der Waals surface area contributed by atoms with Gasteiger partial charge in [-0.2, -0.15) is 9.97 Å². The van der Waals surface area contributed by atoms with Crippen LogP contribution in [0.5, 0.6) is 6.01 Å². The fourth-order valence-electron chi connectivity index (χ4n) is 7.70. The fourth-order valence-corrected chi connectivity index (χ4v) is 7.70.